The van der Waals surface area contributed by atoms with Gasteiger partial charge in [0, 0.05) is 13.1 Å². The van der Waals surface area contributed by atoms with Gasteiger partial charge in [-0.05, 0) is 24.6 Å². The Hall–Kier alpha value is -2.22. The van der Waals surface area contributed by atoms with Gasteiger partial charge in [-0.3, -0.25) is 4.79 Å². The van der Waals surface area contributed by atoms with Crippen LogP contribution in [0.2, 0.25) is 0 Å². The van der Waals surface area contributed by atoms with Crippen LogP contribution in [-0.2, 0) is 6.54 Å². The fraction of sp³-hybridized carbons (Fsp3) is 0.231. The Morgan fingerprint density at radius 2 is 2.14 bits per heavy atom. The Kier molecular flexibility index (Phi) is 4.69. The second kappa shape index (κ2) is 6.49. The van der Waals surface area contributed by atoms with E-state index in [9.17, 15) is 13.6 Å². The van der Waals surface area contributed by atoms with Crippen LogP contribution in [-0.4, -0.2) is 17.4 Å². The third-order valence-electron chi connectivity index (χ3n) is 2.62. The van der Waals surface area contributed by atoms with Gasteiger partial charge in [-0.1, -0.05) is 17.4 Å². The lowest BCUT2D eigenvalue weighted by atomic mass is 10.2. The van der Waals surface area contributed by atoms with Crippen molar-refractivity contribution in [3.8, 4) is 0 Å². The predicted octanol–water partition coefficient (Wildman–Crippen LogP) is 2.37. The number of benzene rings is 1. The highest BCUT2D eigenvalue weighted by Crippen LogP contribution is 2.24. The maximum Gasteiger partial charge on any atom is 0.265 e. The summed E-state index contributed by atoms with van der Waals surface area (Å²) < 4.78 is 25.9. The zero-order valence-electron chi connectivity index (χ0n) is 11.2. The van der Waals surface area contributed by atoms with Gasteiger partial charge in [0.15, 0.2) is 16.8 Å². The minimum absolute atomic E-state index is 0.0733. The lowest BCUT2D eigenvalue weighted by Gasteiger charge is -2.04. The summed E-state index contributed by atoms with van der Waals surface area (Å²) in [5, 5.41) is 6.12. The number of aromatic nitrogens is 1. The van der Waals surface area contributed by atoms with Crippen molar-refractivity contribution in [3.63, 3.8) is 0 Å². The molecule has 112 valence electrons. The molecule has 1 heterocycles. The number of nitrogens with one attached hydrogen (secondary N) is 2. The number of nitrogens with zero attached hydrogens (tertiary/aromatic N) is 1. The van der Waals surface area contributed by atoms with E-state index in [0.717, 1.165) is 23.5 Å². The van der Waals surface area contributed by atoms with E-state index in [1.54, 1.807) is 0 Å². The van der Waals surface area contributed by atoms with Crippen molar-refractivity contribution in [2.45, 2.75) is 13.5 Å². The lowest BCUT2D eigenvalue weighted by Crippen LogP contribution is -2.22. The zero-order valence-corrected chi connectivity index (χ0v) is 12.1. The number of carbonyl (C=O) groups excluding carboxylic acids is 1. The second-order valence-electron chi connectivity index (χ2n) is 4.19. The second-order valence-corrected chi connectivity index (χ2v) is 5.19. The summed E-state index contributed by atoms with van der Waals surface area (Å²) in [4.78, 5) is 16.3. The molecule has 0 spiro atoms. The molecule has 0 atom stereocenters. The van der Waals surface area contributed by atoms with Crippen LogP contribution in [0.1, 0.15) is 22.2 Å². The fourth-order valence-corrected chi connectivity index (χ4v) is 2.50. The van der Waals surface area contributed by atoms with Crippen LogP contribution in [0, 0.1) is 11.6 Å². The maximum atomic E-state index is 13.1. The number of halogens is 2. The largest absolute Gasteiger partial charge is 0.382 e. The van der Waals surface area contributed by atoms with Crippen molar-refractivity contribution in [1.82, 2.24) is 10.3 Å². The number of rotatable bonds is 5. The van der Waals surface area contributed by atoms with Crippen molar-refractivity contribution in [3.05, 3.63) is 40.3 Å². The Balaban J connectivity index is 2.02. The van der Waals surface area contributed by atoms with Crippen molar-refractivity contribution in [2.75, 3.05) is 17.6 Å². The molecular formula is C13H14F2N4OS. The number of amides is 1. The molecule has 8 heteroatoms. The van der Waals surface area contributed by atoms with Crippen molar-refractivity contribution in [2.24, 2.45) is 0 Å². The Morgan fingerprint density at radius 1 is 1.38 bits per heavy atom. The third kappa shape index (κ3) is 3.66. The maximum absolute atomic E-state index is 13.1. The Bertz CT molecular complexity index is 660. The molecule has 0 aliphatic carbocycles. The lowest BCUT2D eigenvalue weighted by molar-refractivity contribution is 0.0955. The van der Waals surface area contributed by atoms with E-state index in [4.69, 9.17) is 5.73 Å². The van der Waals surface area contributed by atoms with Crippen LogP contribution in [0.25, 0.3) is 0 Å². The van der Waals surface area contributed by atoms with Crippen LogP contribution in [0.3, 0.4) is 0 Å². The molecule has 2 aromatic rings. The summed E-state index contributed by atoms with van der Waals surface area (Å²) in [6.07, 6.45) is 0. The van der Waals surface area contributed by atoms with Crippen molar-refractivity contribution in [1.29, 1.82) is 0 Å². The molecule has 1 aromatic carbocycles. The fourth-order valence-electron chi connectivity index (χ4n) is 1.63. The minimum atomic E-state index is -0.950. The molecular weight excluding hydrogens is 298 g/mol. The monoisotopic (exact) mass is 312 g/mol. The number of thiazole rings is 1. The third-order valence-corrected chi connectivity index (χ3v) is 3.65. The summed E-state index contributed by atoms with van der Waals surface area (Å²) in [6, 6.07) is 3.45. The van der Waals surface area contributed by atoms with Crippen molar-refractivity contribution < 1.29 is 13.6 Å². The van der Waals surface area contributed by atoms with Crippen LogP contribution < -0.4 is 16.4 Å². The predicted molar refractivity (Wildman–Crippen MR) is 78.2 cm³/mol. The van der Waals surface area contributed by atoms with E-state index in [2.05, 4.69) is 15.6 Å². The van der Waals surface area contributed by atoms with E-state index < -0.39 is 17.5 Å². The highest BCUT2D eigenvalue weighted by Gasteiger charge is 2.15. The Labute approximate surface area is 124 Å². The quantitative estimate of drug-likeness (QED) is 0.792. The SMILES string of the molecule is CCNc1nc(N)c(C(=O)NCc2ccc(F)c(F)c2)s1. The Morgan fingerprint density at radius 3 is 2.81 bits per heavy atom. The van der Waals surface area contributed by atoms with Gasteiger partial charge in [-0.15, -0.1) is 0 Å². The molecule has 1 aromatic heterocycles. The molecule has 1 amide bonds. The van der Waals surface area contributed by atoms with Crippen LogP contribution >= 0.6 is 11.3 Å². The van der Waals surface area contributed by atoms with Gasteiger partial charge in [-0.2, -0.15) is 0 Å². The molecule has 21 heavy (non-hydrogen) atoms. The average molecular weight is 312 g/mol. The van der Waals surface area contributed by atoms with Gasteiger partial charge in [0.2, 0.25) is 0 Å². The number of hydrogen-bond donors (Lipinski definition) is 3. The molecule has 5 nitrogen and oxygen atoms in total. The summed E-state index contributed by atoms with van der Waals surface area (Å²) >= 11 is 1.14. The minimum Gasteiger partial charge on any atom is -0.382 e. The molecule has 0 bridgehead atoms. The first kappa shape index (κ1) is 15.2. The summed E-state index contributed by atoms with van der Waals surface area (Å²) in [7, 11) is 0. The summed E-state index contributed by atoms with van der Waals surface area (Å²) in [5.41, 5.74) is 6.13. The molecule has 0 radical (unpaired) electrons. The van der Waals surface area contributed by atoms with Crippen LogP contribution in [0.4, 0.5) is 19.7 Å². The molecule has 0 saturated heterocycles. The molecule has 0 fully saturated rings. The van der Waals surface area contributed by atoms with Gasteiger partial charge in [0.1, 0.15) is 10.7 Å². The standard InChI is InChI=1S/C13H14F2N4OS/c1-2-17-13-19-11(16)10(21-13)12(20)18-6-7-3-4-8(14)9(15)5-7/h3-5H,2,6,16H2,1H3,(H,17,19)(H,18,20). The first-order chi connectivity index (χ1) is 10.0. The molecule has 0 aliphatic rings. The number of anilines is 2. The van der Waals surface area contributed by atoms with E-state index >= 15 is 0 Å². The topological polar surface area (TPSA) is 80.0 Å². The highest BCUT2D eigenvalue weighted by molar-refractivity contribution is 7.18. The van der Waals surface area contributed by atoms with Gasteiger partial charge in [-0.25, -0.2) is 13.8 Å². The van der Waals surface area contributed by atoms with Crippen LogP contribution in [0.5, 0.6) is 0 Å². The summed E-state index contributed by atoms with van der Waals surface area (Å²) in [5.74, 6) is -2.14. The zero-order chi connectivity index (χ0) is 15.4. The first-order valence-electron chi connectivity index (χ1n) is 6.23. The molecule has 0 aliphatic heterocycles. The highest BCUT2D eigenvalue weighted by atomic mass is 32.1. The van der Waals surface area contributed by atoms with Gasteiger partial charge in [0.05, 0.1) is 0 Å². The first-order valence-corrected chi connectivity index (χ1v) is 7.05. The van der Waals surface area contributed by atoms with Gasteiger partial charge >= 0.3 is 0 Å². The molecule has 0 unspecified atom stereocenters. The number of nitrogen functional groups attached to an aromatic ring is 1. The number of hydrogen-bond acceptors (Lipinski definition) is 5. The van der Waals surface area contributed by atoms with Gasteiger partial charge < -0.3 is 16.4 Å². The van der Waals surface area contributed by atoms with Crippen LogP contribution in [0.15, 0.2) is 18.2 Å². The molecule has 2 rings (SSSR count). The van der Waals surface area contributed by atoms with E-state index in [0.29, 0.717) is 17.2 Å². The van der Waals surface area contributed by atoms with Crippen molar-refractivity contribution >= 4 is 28.2 Å². The molecule has 4 N–H and O–H groups in total. The number of nitrogens with two attached hydrogens (primary N) is 1. The van der Waals surface area contributed by atoms with E-state index in [1.807, 2.05) is 6.92 Å². The van der Waals surface area contributed by atoms with E-state index in [-0.39, 0.29) is 17.2 Å². The smallest absolute Gasteiger partial charge is 0.265 e. The summed E-state index contributed by atoms with van der Waals surface area (Å²) in [6.45, 7) is 2.65. The van der Waals surface area contributed by atoms with Gasteiger partial charge in [0.25, 0.3) is 5.91 Å². The number of carbonyl (C=O) groups is 1. The molecule has 0 saturated carbocycles. The average Bonchev–Trinajstić information content (AvgIpc) is 2.81. The normalized spacial score (nSPS) is 10.4. The van der Waals surface area contributed by atoms with E-state index in [1.165, 1.54) is 6.07 Å².